The van der Waals surface area contributed by atoms with Crippen molar-refractivity contribution >= 4 is 11.6 Å². The molecule has 0 N–H and O–H groups in total. The first-order valence-corrected chi connectivity index (χ1v) is 9.83. The molecule has 2 heterocycles. The zero-order chi connectivity index (χ0) is 20.8. The van der Waals surface area contributed by atoms with E-state index in [0.29, 0.717) is 17.9 Å². The minimum absolute atomic E-state index is 0.0426. The maximum absolute atomic E-state index is 12.6. The number of fused-ring (bicyclic) bond motifs is 3. The predicted octanol–water partition coefficient (Wildman–Crippen LogP) is 3.22. The average Bonchev–Trinajstić information content (AvgIpc) is 3.00. The predicted molar refractivity (Wildman–Crippen MR) is 112 cm³/mol. The van der Waals surface area contributed by atoms with Crippen LogP contribution in [-0.2, 0) is 16.6 Å². The molecule has 6 heteroatoms. The first kappa shape index (κ1) is 19.4. The summed E-state index contributed by atoms with van der Waals surface area (Å²) < 4.78 is 16.7. The van der Waals surface area contributed by atoms with Crippen molar-refractivity contribution in [2.45, 2.75) is 30.8 Å². The van der Waals surface area contributed by atoms with Gasteiger partial charge >= 0.3 is 0 Å². The maximum atomic E-state index is 12.6. The van der Waals surface area contributed by atoms with Gasteiger partial charge in [-0.15, -0.1) is 0 Å². The van der Waals surface area contributed by atoms with Gasteiger partial charge in [-0.1, -0.05) is 18.2 Å². The van der Waals surface area contributed by atoms with E-state index in [1.807, 2.05) is 24.1 Å². The number of likely N-dealkylation sites (tertiary alicyclic amines) is 1. The molecule has 2 aliphatic heterocycles. The molecule has 0 saturated carbocycles. The fourth-order valence-corrected chi connectivity index (χ4v) is 5.23. The third-order valence-corrected chi connectivity index (χ3v) is 6.52. The Morgan fingerprint density at radius 2 is 1.62 bits per heavy atom. The second kappa shape index (κ2) is 7.17. The van der Waals surface area contributed by atoms with E-state index in [1.54, 1.807) is 21.3 Å². The quantitative estimate of drug-likeness (QED) is 0.777. The number of methoxy groups -OCH3 is 3. The first-order valence-electron chi connectivity index (χ1n) is 9.83. The zero-order valence-corrected chi connectivity index (χ0v) is 17.7. The number of hydrogen-bond acceptors (Lipinski definition) is 5. The molecule has 154 valence electrons. The largest absolute Gasteiger partial charge is 0.496 e. The lowest BCUT2D eigenvalue weighted by Gasteiger charge is -2.47. The lowest BCUT2D eigenvalue weighted by molar-refractivity contribution is -0.137. The zero-order valence-electron chi connectivity index (χ0n) is 17.7. The Labute approximate surface area is 172 Å². The number of anilines is 1. The number of hydrogen-bond donors (Lipinski definition) is 0. The molecule has 0 bridgehead atoms. The van der Waals surface area contributed by atoms with Gasteiger partial charge in [0.25, 0.3) is 0 Å². The van der Waals surface area contributed by atoms with Crippen LogP contribution in [0.3, 0.4) is 0 Å². The minimum Gasteiger partial charge on any atom is -0.496 e. The summed E-state index contributed by atoms with van der Waals surface area (Å²) in [6, 6.07) is 12.4. The molecule has 1 saturated heterocycles. The molecule has 0 radical (unpaired) electrons. The SMILES string of the molecule is COc1cc(OC)c(OC)cc1C[C@@]12CCC(=O)N(C)[C@@H]1N(C)c1ccccc12. The third kappa shape index (κ3) is 2.81. The normalized spacial score (nSPS) is 22.9. The molecule has 6 nitrogen and oxygen atoms in total. The highest BCUT2D eigenvalue weighted by atomic mass is 16.5. The summed E-state index contributed by atoms with van der Waals surface area (Å²) in [4.78, 5) is 16.7. The van der Waals surface area contributed by atoms with Gasteiger partial charge in [0.2, 0.25) is 5.91 Å². The van der Waals surface area contributed by atoms with E-state index < -0.39 is 0 Å². The lowest BCUT2D eigenvalue weighted by atomic mass is 9.69. The van der Waals surface area contributed by atoms with Crippen LogP contribution in [0.5, 0.6) is 17.2 Å². The van der Waals surface area contributed by atoms with Crippen molar-refractivity contribution in [2.75, 3.05) is 40.3 Å². The molecular formula is C23H28N2O4. The van der Waals surface area contributed by atoms with Gasteiger partial charge in [-0.25, -0.2) is 0 Å². The number of rotatable bonds is 5. The van der Waals surface area contributed by atoms with Gasteiger partial charge in [0, 0.05) is 37.7 Å². The number of carbonyl (C=O) groups excluding carboxylic acids is 1. The van der Waals surface area contributed by atoms with Gasteiger partial charge in [-0.05, 0) is 36.1 Å². The van der Waals surface area contributed by atoms with E-state index in [9.17, 15) is 4.79 Å². The van der Waals surface area contributed by atoms with Crippen molar-refractivity contribution in [2.24, 2.45) is 0 Å². The van der Waals surface area contributed by atoms with Gasteiger partial charge in [0.15, 0.2) is 11.5 Å². The smallest absolute Gasteiger partial charge is 0.224 e. The number of carbonyl (C=O) groups is 1. The molecule has 4 rings (SSSR count). The molecule has 0 aromatic heterocycles. The van der Waals surface area contributed by atoms with Crippen molar-refractivity contribution in [1.82, 2.24) is 4.90 Å². The third-order valence-electron chi connectivity index (χ3n) is 6.52. The van der Waals surface area contributed by atoms with E-state index in [4.69, 9.17) is 14.2 Å². The van der Waals surface area contributed by atoms with E-state index in [2.05, 4.69) is 36.2 Å². The van der Waals surface area contributed by atoms with Crippen LogP contribution < -0.4 is 19.1 Å². The molecule has 0 aliphatic carbocycles. The van der Waals surface area contributed by atoms with Gasteiger partial charge in [-0.3, -0.25) is 4.79 Å². The van der Waals surface area contributed by atoms with Crippen LogP contribution in [0.15, 0.2) is 36.4 Å². The van der Waals surface area contributed by atoms with Gasteiger partial charge in [-0.2, -0.15) is 0 Å². The Morgan fingerprint density at radius 3 is 2.31 bits per heavy atom. The molecule has 1 amide bonds. The maximum Gasteiger partial charge on any atom is 0.224 e. The second-order valence-electron chi connectivity index (χ2n) is 7.86. The summed E-state index contributed by atoms with van der Waals surface area (Å²) in [5, 5.41) is 0. The Morgan fingerprint density at radius 1 is 0.966 bits per heavy atom. The van der Waals surface area contributed by atoms with Crippen LogP contribution in [-0.4, -0.2) is 52.4 Å². The number of benzene rings is 2. The van der Waals surface area contributed by atoms with Crippen molar-refractivity contribution in [3.05, 3.63) is 47.5 Å². The monoisotopic (exact) mass is 396 g/mol. The highest BCUT2D eigenvalue weighted by Crippen LogP contribution is 2.53. The summed E-state index contributed by atoms with van der Waals surface area (Å²) in [6.45, 7) is 0. The Hall–Kier alpha value is -2.89. The molecule has 2 aliphatic rings. The molecule has 0 spiro atoms. The number of likely N-dealkylation sites (N-methyl/N-ethyl adjacent to an activating group) is 2. The minimum atomic E-state index is -0.221. The van der Waals surface area contributed by atoms with Crippen LogP contribution in [0.2, 0.25) is 0 Å². The Balaban J connectivity index is 1.87. The van der Waals surface area contributed by atoms with Crippen molar-refractivity contribution in [3.8, 4) is 17.2 Å². The molecular weight excluding hydrogens is 368 g/mol. The Kier molecular flexibility index (Phi) is 4.81. The summed E-state index contributed by atoms with van der Waals surface area (Å²) >= 11 is 0. The number of para-hydroxylation sites is 1. The average molecular weight is 396 g/mol. The van der Waals surface area contributed by atoms with E-state index in [0.717, 1.165) is 24.2 Å². The van der Waals surface area contributed by atoms with Crippen LogP contribution in [0.25, 0.3) is 0 Å². The summed E-state index contributed by atoms with van der Waals surface area (Å²) in [5.74, 6) is 2.27. The number of amides is 1. The van der Waals surface area contributed by atoms with Gasteiger partial charge < -0.3 is 24.0 Å². The van der Waals surface area contributed by atoms with Crippen LogP contribution in [0, 0.1) is 0 Å². The Bertz CT molecular complexity index is 944. The van der Waals surface area contributed by atoms with Crippen LogP contribution in [0.1, 0.15) is 24.0 Å². The first-order chi connectivity index (χ1) is 14.0. The number of nitrogens with zero attached hydrogens (tertiary/aromatic N) is 2. The highest BCUT2D eigenvalue weighted by molar-refractivity contribution is 5.81. The van der Waals surface area contributed by atoms with E-state index >= 15 is 0 Å². The fourth-order valence-electron chi connectivity index (χ4n) is 5.23. The van der Waals surface area contributed by atoms with Crippen molar-refractivity contribution in [1.29, 1.82) is 0 Å². The highest BCUT2D eigenvalue weighted by Gasteiger charge is 2.55. The molecule has 2 aromatic rings. The summed E-state index contributed by atoms with van der Waals surface area (Å²) in [5.41, 5.74) is 3.28. The standard InChI is InChI=1S/C23H28N2O4/c1-24-17-9-7-6-8-16(17)23(11-10-21(26)25(2)22(23)24)14-15-12-19(28-4)20(29-5)13-18(15)27-3/h6-9,12-13,22H,10-11,14H2,1-5H3/t22-,23+/m0/s1. The number of ether oxygens (including phenoxy) is 3. The molecule has 1 fully saturated rings. The van der Waals surface area contributed by atoms with Crippen LogP contribution in [0.4, 0.5) is 5.69 Å². The molecule has 29 heavy (non-hydrogen) atoms. The molecule has 2 atom stereocenters. The van der Waals surface area contributed by atoms with Crippen LogP contribution >= 0.6 is 0 Å². The topological polar surface area (TPSA) is 51.2 Å². The fraction of sp³-hybridized carbons (Fsp3) is 0.435. The van der Waals surface area contributed by atoms with Crippen molar-refractivity contribution in [3.63, 3.8) is 0 Å². The molecule has 0 unspecified atom stereocenters. The summed E-state index contributed by atoms with van der Waals surface area (Å²) in [7, 11) is 8.92. The van der Waals surface area contributed by atoms with Gasteiger partial charge in [0.05, 0.1) is 21.3 Å². The number of piperidine rings is 1. The second-order valence-corrected chi connectivity index (χ2v) is 7.86. The van der Waals surface area contributed by atoms with E-state index in [-0.39, 0.29) is 17.5 Å². The van der Waals surface area contributed by atoms with Crippen molar-refractivity contribution < 1.29 is 19.0 Å². The van der Waals surface area contributed by atoms with Gasteiger partial charge in [0.1, 0.15) is 11.9 Å². The lowest BCUT2D eigenvalue weighted by Crippen LogP contribution is -2.59. The van der Waals surface area contributed by atoms with E-state index in [1.165, 1.54) is 11.3 Å². The summed E-state index contributed by atoms with van der Waals surface area (Å²) in [6.07, 6.45) is 2.02. The molecule has 2 aromatic carbocycles.